The Balaban J connectivity index is 2.01. The average Bonchev–Trinajstić information content (AvgIpc) is 3.01. The largest absolute Gasteiger partial charge is 0.495 e. The topological polar surface area (TPSA) is 34.2 Å². The molecule has 0 fully saturated rings. The lowest BCUT2D eigenvalue weighted by Gasteiger charge is -2.15. The molecular weight excluding hydrogens is 276 g/mol. The average molecular weight is 290 g/mol. The molecule has 19 heavy (non-hydrogen) atoms. The van der Waals surface area contributed by atoms with Crippen LogP contribution in [-0.2, 0) is 0 Å². The van der Waals surface area contributed by atoms with E-state index in [1.54, 1.807) is 24.6 Å². The number of hydrogen-bond acceptors (Lipinski definition) is 5. The summed E-state index contributed by atoms with van der Waals surface area (Å²) in [6, 6.07) is 6.62. The van der Waals surface area contributed by atoms with E-state index in [1.165, 1.54) is 14.3 Å². The van der Waals surface area contributed by atoms with Crippen molar-refractivity contribution in [2.24, 2.45) is 0 Å². The molecule has 98 valence electrons. The van der Waals surface area contributed by atoms with Crippen molar-refractivity contribution in [2.75, 3.05) is 14.2 Å². The van der Waals surface area contributed by atoms with Crippen molar-refractivity contribution in [1.29, 1.82) is 0 Å². The number of nitrogens with one attached hydrogen (secondary N) is 1. The minimum atomic E-state index is 0.159. The number of pyridine rings is 1. The summed E-state index contributed by atoms with van der Waals surface area (Å²) in [5.74, 6) is 0.788. The molecule has 3 rings (SSSR count). The molecule has 0 saturated carbocycles. The zero-order chi connectivity index (χ0) is 13.2. The van der Waals surface area contributed by atoms with Gasteiger partial charge in [-0.2, -0.15) is 0 Å². The summed E-state index contributed by atoms with van der Waals surface area (Å²) < 4.78 is 7.93. The molecular formula is C14H14N2OS2. The van der Waals surface area contributed by atoms with Crippen LogP contribution in [0.25, 0.3) is 9.40 Å². The Morgan fingerprint density at radius 3 is 2.89 bits per heavy atom. The first-order chi connectivity index (χ1) is 9.31. The van der Waals surface area contributed by atoms with E-state index in [0.717, 1.165) is 11.3 Å². The van der Waals surface area contributed by atoms with Crippen molar-refractivity contribution < 1.29 is 4.74 Å². The molecule has 1 atom stereocenters. The van der Waals surface area contributed by atoms with Crippen LogP contribution in [0.5, 0.6) is 5.75 Å². The molecule has 0 aliphatic heterocycles. The second-order valence-corrected chi connectivity index (χ2v) is 6.24. The van der Waals surface area contributed by atoms with E-state index in [-0.39, 0.29) is 6.04 Å². The monoisotopic (exact) mass is 290 g/mol. The lowest BCUT2D eigenvalue weighted by Crippen LogP contribution is -2.16. The number of fused-ring (bicyclic) bond motifs is 1. The highest BCUT2D eigenvalue weighted by Gasteiger charge is 2.16. The van der Waals surface area contributed by atoms with E-state index >= 15 is 0 Å². The normalized spacial score (nSPS) is 12.7. The second kappa shape index (κ2) is 5.28. The number of aromatic nitrogens is 1. The molecule has 3 aromatic rings. The van der Waals surface area contributed by atoms with Gasteiger partial charge in [-0.05, 0) is 36.2 Å². The summed E-state index contributed by atoms with van der Waals surface area (Å²) in [4.78, 5) is 5.54. The summed E-state index contributed by atoms with van der Waals surface area (Å²) in [6.45, 7) is 0. The van der Waals surface area contributed by atoms with Crippen molar-refractivity contribution in [3.05, 3.63) is 46.4 Å². The Hall–Kier alpha value is -1.43. The quantitative estimate of drug-likeness (QED) is 0.796. The fourth-order valence-electron chi connectivity index (χ4n) is 2.10. The summed E-state index contributed by atoms with van der Waals surface area (Å²) >= 11 is 3.61. The molecule has 1 N–H and O–H groups in total. The van der Waals surface area contributed by atoms with Gasteiger partial charge in [0.05, 0.1) is 19.3 Å². The third-order valence-electron chi connectivity index (χ3n) is 3.03. The van der Waals surface area contributed by atoms with Crippen LogP contribution < -0.4 is 10.1 Å². The Labute approximate surface area is 119 Å². The molecule has 0 spiro atoms. The van der Waals surface area contributed by atoms with Gasteiger partial charge in [0.15, 0.2) is 0 Å². The van der Waals surface area contributed by atoms with Gasteiger partial charge in [0.2, 0.25) is 0 Å². The van der Waals surface area contributed by atoms with Crippen LogP contribution in [0.4, 0.5) is 0 Å². The maximum absolute atomic E-state index is 5.24. The van der Waals surface area contributed by atoms with Crippen molar-refractivity contribution >= 4 is 32.1 Å². The van der Waals surface area contributed by atoms with E-state index in [2.05, 4.69) is 27.8 Å². The van der Waals surface area contributed by atoms with Crippen molar-refractivity contribution in [1.82, 2.24) is 10.3 Å². The third kappa shape index (κ3) is 2.36. The Morgan fingerprint density at radius 2 is 2.16 bits per heavy atom. The number of nitrogens with zero attached hydrogens (tertiary/aromatic N) is 1. The standard InChI is InChI=1S/C14H14N2OS2/c1-15-14(9-5-10(17-2)8-16-7-9)13-6-12-11(19-13)3-4-18-12/h3-8,14-15H,1-2H3. The van der Waals surface area contributed by atoms with Gasteiger partial charge in [-0.15, -0.1) is 22.7 Å². The maximum Gasteiger partial charge on any atom is 0.137 e. The second-order valence-electron chi connectivity index (χ2n) is 4.18. The Kier molecular flexibility index (Phi) is 3.50. The highest BCUT2D eigenvalue weighted by atomic mass is 32.1. The van der Waals surface area contributed by atoms with Crippen LogP contribution in [0, 0.1) is 0 Å². The molecule has 0 aliphatic rings. The fraction of sp³-hybridized carbons (Fsp3) is 0.214. The van der Waals surface area contributed by atoms with Crippen LogP contribution in [-0.4, -0.2) is 19.1 Å². The van der Waals surface area contributed by atoms with Crippen LogP contribution in [0.3, 0.4) is 0 Å². The Morgan fingerprint density at radius 1 is 1.26 bits per heavy atom. The molecule has 3 heterocycles. The SMILES string of the molecule is CNC(c1cncc(OC)c1)c1cc2sccc2s1. The van der Waals surface area contributed by atoms with Gasteiger partial charge in [0.25, 0.3) is 0 Å². The first-order valence-electron chi connectivity index (χ1n) is 5.95. The summed E-state index contributed by atoms with van der Waals surface area (Å²) in [6.07, 6.45) is 3.61. The van der Waals surface area contributed by atoms with Gasteiger partial charge in [-0.1, -0.05) is 0 Å². The van der Waals surface area contributed by atoms with Crippen LogP contribution in [0.1, 0.15) is 16.5 Å². The number of thiophene rings is 2. The smallest absolute Gasteiger partial charge is 0.137 e. The molecule has 3 aromatic heterocycles. The van der Waals surface area contributed by atoms with Gasteiger partial charge < -0.3 is 10.1 Å². The number of ether oxygens (including phenoxy) is 1. The minimum Gasteiger partial charge on any atom is -0.495 e. The lowest BCUT2D eigenvalue weighted by molar-refractivity contribution is 0.411. The van der Waals surface area contributed by atoms with Gasteiger partial charge in [-0.25, -0.2) is 0 Å². The zero-order valence-electron chi connectivity index (χ0n) is 10.7. The highest BCUT2D eigenvalue weighted by Crippen LogP contribution is 2.36. The lowest BCUT2D eigenvalue weighted by atomic mass is 10.1. The fourth-order valence-corrected chi connectivity index (χ4v) is 4.36. The predicted molar refractivity (Wildman–Crippen MR) is 81.4 cm³/mol. The predicted octanol–water partition coefficient (Wildman–Crippen LogP) is 3.68. The number of rotatable bonds is 4. The van der Waals surface area contributed by atoms with Crippen molar-refractivity contribution in [2.45, 2.75) is 6.04 Å². The van der Waals surface area contributed by atoms with Crippen molar-refractivity contribution in [3.63, 3.8) is 0 Å². The van der Waals surface area contributed by atoms with E-state index in [0.29, 0.717) is 0 Å². The minimum absolute atomic E-state index is 0.159. The third-order valence-corrected chi connectivity index (χ3v) is 5.19. The number of methoxy groups -OCH3 is 1. The van der Waals surface area contributed by atoms with Crippen LogP contribution >= 0.6 is 22.7 Å². The molecule has 0 amide bonds. The molecule has 0 aliphatic carbocycles. The first kappa shape index (κ1) is 12.6. The van der Waals surface area contributed by atoms with E-state index in [1.807, 2.05) is 30.6 Å². The summed E-state index contributed by atoms with van der Waals surface area (Å²) in [5.41, 5.74) is 1.12. The van der Waals surface area contributed by atoms with Gasteiger partial charge >= 0.3 is 0 Å². The van der Waals surface area contributed by atoms with Gasteiger partial charge in [0, 0.05) is 20.5 Å². The van der Waals surface area contributed by atoms with Crippen LogP contribution in [0.2, 0.25) is 0 Å². The van der Waals surface area contributed by atoms with Crippen molar-refractivity contribution in [3.8, 4) is 5.75 Å². The molecule has 0 aromatic carbocycles. The molecule has 0 saturated heterocycles. The zero-order valence-corrected chi connectivity index (χ0v) is 12.3. The highest BCUT2D eigenvalue weighted by molar-refractivity contribution is 7.27. The van der Waals surface area contributed by atoms with Crippen LogP contribution in [0.15, 0.2) is 36.0 Å². The maximum atomic E-state index is 5.24. The number of hydrogen-bond donors (Lipinski definition) is 1. The molecule has 0 bridgehead atoms. The Bertz CT molecular complexity index is 661. The van der Waals surface area contributed by atoms with E-state index < -0.39 is 0 Å². The van der Waals surface area contributed by atoms with Gasteiger partial charge in [-0.3, -0.25) is 4.98 Å². The molecule has 5 heteroatoms. The van der Waals surface area contributed by atoms with Gasteiger partial charge in [0.1, 0.15) is 5.75 Å². The summed E-state index contributed by atoms with van der Waals surface area (Å²) in [5, 5.41) is 5.49. The van der Waals surface area contributed by atoms with E-state index in [9.17, 15) is 0 Å². The summed E-state index contributed by atoms with van der Waals surface area (Å²) in [7, 11) is 3.63. The van der Waals surface area contributed by atoms with E-state index in [4.69, 9.17) is 4.74 Å². The molecule has 0 radical (unpaired) electrons. The molecule has 1 unspecified atom stereocenters. The molecule has 3 nitrogen and oxygen atoms in total. The first-order valence-corrected chi connectivity index (χ1v) is 7.64.